The van der Waals surface area contributed by atoms with Crippen LogP contribution in [0.15, 0.2) is 30.3 Å². The second-order valence-electron chi connectivity index (χ2n) is 5.26. The summed E-state index contributed by atoms with van der Waals surface area (Å²) in [6.07, 6.45) is 2.18. The highest BCUT2D eigenvalue weighted by Gasteiger charge is 2.22. The third kappa shape index (κ3) is 5.10. The summed E-state index contributed by atoms with van der Waals surface area (Å²) in [5.74, 6) is 2.08. The summed E-state index contributed by atoms with van der Waals surface area (Å²) < 4.78 is 0. The average Bonchev–Trinajstić information content (AvgIpc) is 3.31. The first-order chi connectivity index (χ1) is 11.2. The van der Waals surface area contributed by atoms with Crippen LogP contribution < -0.4 is 16.4 Å². The van der Waals surface area contributed by atoms with Gasteiger partial charge in [-0.15, -0.1) is 11.8 Å². The minimum atomic E-state index is 0.0576. The zero-order chi connectivity index (χ0) is 16.1. The highest BCUT2D eigenvalue weighted by molar-refractivity contribution is 7.99. The van der Waals surface area contributed by atoms with E-state index < -0.39 is 0 Å². The van der Waals surface area contributed by atoms with Gasteiger partial charge in [0.25, 0.3) is 0 Å². The van der Waals surface area contributed by atoms with Gasteiger partial charge in [0.1, 0.15) is 5.82 Å². The Hall–Kier alpha value is -2.35. The van der Waals surface area contributed by atoms with Crippen LogP contribution in [-0.4, -0.2) is 32.7 Å². The summed E-state index contributed by atoms with van der Waals surface area (Å²) in [6, 6.07) is 9.98. The van der Waals surface area contributed by atoms with Gasteiger partial charge in [-0.2, -0.15) is 15.0 Å². The Morgan fingerprint density at radius 1 is 1.22 bits per heavy atom. The Morgan fingerprint density at radius 2 is 2.00 bits per heavy atom. The molecular weight excluding hydrogens is 312 g/mol. The van der Waals surface area contributed by atoms with Gasteiger partial charge < -0.3 is 16.4 Å². The highest BCUT2D eigenvalue weighted by Crippen LogP contribution is 2.19. The van der Waals surface area contributed by atoms with Gasteiger partial charge in [0.15, 0.2) is 0 Å². The zero-order valence-electron chi connectivity index (χ0n) is 12.5. The highest BCUT2D eigenvalue weighted by atomic mass is 32.2. The van der Waals surface area contributed by atoms with E-state index in [1.54, 1.807) is 0 Å². The monoisotopic (exact) mass is 330 g/mol. The minimum Gasteiger partial charge on any atom is -0.368 e. The summed E-state index contributed by atoms with van der Waals surface area (Å²) >= 11 is 1.46. The van der Waals surface area contributed by atoms with Crippen molar-refractivity contribution in [3.8, 4) is 0 Å². The van der Waals surface area contributed by atoms with Crippen LogP contribution in [0.2, 0.25) is 0 Å². The van der Waals surface area contributed by atoms with Crippen molar-refractivity contribution in [2.75, 3.05) is 16.8 Å². The molecule has 0 spiro atoms. The number of nitrogens with two attached hydrogens (primary N) is 1. The van der Waals surface area contributed by atoms with E-state index in [1.807, 2.05) is 30.3 Å². The lowest BCUT2D eigenvalue weighted by Crippen LogP contribution is -2.27. The molecule has 7 nitrogen and oxygen atoms in total. The molecule has 4 N–H and O–H groups in total. The molecule has 120 valence electrons. The summed E-state index contributed by atoms with van der Waals surface area (Å²) in [5.41, 5.74) is 6.60. The fraction of sp³-hybridized carbons (Fsp3) is 0.333. The van der Waals surface area contributed by atoms with Gasteiger partial charge in [-0.1, -0.05) is 18.2 Å². The molecule has 1 fully saturated rings. The zero-order valence-corrected chi connectivity index (χ0v) is 13.3. The van der Waals surface area contributed by atoms with Gasteiger partial charge >= 0.3 is 0 Å². The van der Waals surface area contributed by atoms with Gasteiger partial charge in [-0.05, 0) is 25.0 Å². The number of anilines is 3. The Kier molecular flexibility index (Phi) is 4.92. The normalized spacial score (nSPS) is 13.6. The van der Waals surface area contributed by atoms with Crippen LogP contribution >= 0.6 is 11.8 Å². The summed E-state index contributed by atoms with van der Waals surface area (Å²) in [4.78, 5) is 24.2. The second-order valence-corrected chi connectivity index (χ2v) is 6.24. The number of benzene rings is 1. The number of rotatable bonds is 7. The number of amides is 1. The molecule has 1 heterocycles. The Labute approximate surface area is 138 Å². The first-order valence-corrected chi connectivity index (χ1v) is 8.54. The van der Waals surface area contributed by atoms with E-state index in [0.29, 0.717) is 29.3 Å². The first-order valence-electron chi connectivity index (χ1n) is 7.38. The molecule has 1 aliphatic rings. The SMILES string of the molecule is Nc1nc(CSCC(=O)NC2CC2)nc(Nc2ccccc2)n1. The maximum atomic E-state index is 11.6. The standard InChI is InChI=1S/C15H18N6OS/c16-14-19-12(8-23-9-13(22)17-11-6-7-11)20-15(21-14)18-10-4-2-1-3-5-10/h1-5,11H,6-9H2,(H,17,22)(H3,16,18,19,20,21). The lowest BCUT2D eigenvalue weighted by Gasteiger charge is -2.07. The first kappa shape index (κ1) is 15.5. The fourth-order valence-electron chi connectivity index (χ4n) is 1.94. The van der Waals surface area contributed by atoms with E-state index in [9.17, 15) is 4.79 Å². The number of hydrogen-bond acceptors (Lipinski definition) is 7. The molecule has 0 saturated heterocycles. The van der Waals surface area contributed by atoms with E-state index >= 15 is 0 Å². The number of carbonyl (C=O) groups excluding carboxylic acids is 1. The molecule has 1 saturated carbocycles. The fourth-order valence-corrected chi connectivity index (χ4v) is 2.62. The minimum absolute atomic E-state index is 0.0576. The summed E-state index contributed by atoms with van der Waals surface area (Å²) in [7, 11) is 0. The van der Waals surface area contributed by atoms with E-state index in [1.165, 1.54) is 11.8 Å². The molecule has 1 aromatic carbocycles. The Balaban J connectivity index is 1.55. The number of nitrogens with one attached hydrogen (secondary N) is 2. The lowest BCUT2D eigenvalue weighted by atomic mass is 10.3. The number of nitrogen functional groups attached to an aromatic ring is 1. The van der Waals surface area contributed by atoms with Gasteiger partial charge in [-0.25, -0.2) is 0 Å². The number of aromatic nitrogens is 3. The van der Waals surface area contributed by atoms with Crippen molar-refractivity contribution in [2.24, 2.45) is 0 Å². The maximum absolute atomic E-state index is 11.6. The summed E-state index contributed by atoms with van der Waals surface area (Å²) in [5, 5.41) is 6.03. The van der Waals surface area contributed by atoms with E-state index in [4.69, 9.17) is 5.73 Å². The third-order valence-corrected chi connectivity index (χ3v) is 4.06. The van der Waals surface area contributed by atoms with Crippen molar-refractivity contribution in [1.29, 1.82) is 0 Å². The predicted molar refractivity (Wildman–Crippen MR) is 91.3 cm³/mol. The number of nitrogens with zero attached hydrogens (tertiary/aromatic N) is 3. The van der Waals surface area contributed by atoms with Crippen molar-refractivity contribution in [1.82, 2.24) is 20.3 Å². The van der Waals surface area contributed by atoms with Gasteiger partial charge in [0.2, 0.25) is 17.8 Å². The maximum Gasteiger partial charge on any atom is 0.232 e. The number of hydrogen-bond donors (Lipinski definition) is 3. The van der Waals surface area contributed by atoms with Crippen LogP contribution in [0.1, 0.15) is 18.7 Å². The van der Waals surface area contributed by atoms with Crippen LogP contribution in [0.25, 0.3) is 0 Å². The molecule has 0 unspecified atom stereocenters. The molecule has 0 aliphatic heterocycles. The molecule has 1 aliphatic carbocycles. The van der Waals surface area contributed by atoms with E-state index in [-0.39, 0.29) is 11.9 Å². The van der Waals surface area contributed by atoms with Crippen LogP contribution in [0.3, 0.4) is 0 Å². The average molecular weight is 330 g/mol. The van der Waals surface area contributed by atoms with Crippen LogP contribution in [-0.2, 0) is 10.5 Å². The van der Waals surface area contributed by atoms with Crippen molar-refractivity contribution in [3.05, 3.63) is 36.2 Å². The largest absolute Gasteiger partial charge is 0.368 e. The van der Waals surface area contributed by atoms with Gasteiger partial charge in [0, 0.05) is 11.7 Å². The van der Waals surface area contributed by atoms with E-state index in [0.717, 1.165) is 18.5 Å². The molecule has 8 heteroatoms. The molecule has 0 bridgehead atoms. The van der Waals surface area contributed by atoms with Crippen molar-refractivity contribution >= 4 is 35.3 Å². The van der Waals surface area contributed by atoms with Crippen LogP contribution in [0, 0.1) is 0 Å². The second kappa shape index (κ2) is 7.28. The molecular formula is C15H18N6OS. The number of para-hydroxylation sites is 1. The van der Waals surface area contributed by atoms with Gasteiger partial charge in [0.05, 0.1) is 11.5 Å². The molecule has 1 amide bonds. The number of thioether (sulfide) groups is 1. The topological polar surface area (TPSA) is 106 Å². The summed E-state index contributed by atoms with van der Waals surface area (Å²) in [6.45, 7) is 0. The molecule has 1 aromatic heterocycles. The van der Waals surface area contributed by atoms with Crippen molar-refractivity contribution in [3.63, 3.8) is 0 Å². The van der Waals surface area contributed by atoms with Crippen LogP contribution in [0.4, 0.5) is 17.6 Å². The van der Waals surface area contributed by atoms with Gasteiger partial charge in [-0.3, -0.25) is 4.79 Å². The third-order valence-electron chi connectivity index (χ3n) is 3.14. The lowest BCUT2D eigenvalue weighted by molar-refractivity contribution is -0.118. The molecule has 0 atom stereocenters. The Bertz CT molecular complexity index is 677. The van der Waals surface area contributed by atoms with E-state index in [2.05, 4.69) is 25.6 Å². The smallest absolute Gasteiger partial charge is 0.232 e. The molecule has 3 rings (SSSR count). The molecule has 23 heavy (non-hydrogen) atoms. The quantitative estimate of drug-likeness (QED) is 0.709. The Morgan fingerprint density at radius 3 is 2.74 bits per heavy atom. The number of carbonyl (C=O) groups is 1. The van der Waals surface area contributed by atoms with Crippen LogP contribution in [0.5, 0.6) is 0 Å². The molecule has 0 radical (unpaired) electrons. The van der Waals surface area contributed by atoms with Crippen molar-refractivity contribution in [2.45, 2.75) is 24.6 Å². The predicted octanol–water partition coefficient (Wildman–Crippen LogP) is 1.71. The molecule has 2 aromatic rings. The van der Waals surface area contributed by atoms with Crippen molar-refractivity contribution < 1.29 is 4.79 Å².